The van der Waals surface area contributed by atoms with Crippen LogP contribution >= 0.6 is 11.8 Å². The van der Waals surface area contributed by atoms with E-state index in [9.17, 15) is 9.18 Å². The van der Waals surface area contributed by atoms with Crippen molar-refractivity contribution in [2.75, 3.05) is 5.75 Å². The van der Waals surface area contributed by atoms with Crippen molar-refractivity contribution in [2.45, 2.75) is 50.1 Å². The molecule has 0 aliphatic heterocycles. The minimum Gasteiger partial charge on any atom is -0.293 e. The highest BCUT2D eigenvalue weighted by molar-refractivity contribution is 7.99. The van der Waals surface area contributed by atoms with Gasteiger partial charge in [0.1, 0.15) is 5.82 Å². The Balaban J connectivity index is 1.55. The molecule has 2 atom stereocenters. The zero-order valence-corrected chi connectivity index (χ0v) is 15.4. The first-order valence-electron chi connectivity index (χ1n) is 8.50. The molecule has 25 heavy (non-hydrogen) atoms. The normalized spacial score (nSPS) is 25.8. The number of ketones is 1. The Labute approximate surface area is 150 Å². The number of hydrogen-bond donors (Lipinski definition) is 0. The van der Waals surface area contributed by atoms with Crippen LogP contribution in [-0.4, -0.2) is 26.7 Å². The maximum atomic E-state index is 13.7. The number of rotatable bonds is 4. The number of hydrogen-bond acceptors (Lipinski definition) is 5. The number of carbonyl (C=O) groups excluding carboxylic acids is 1. The Morgan fingerprint density at radius 2 is 2.04 bits per heavy atom. The van der Waals surface area contributed by atoms with Crippen molar-refractivity contribution >= 4 is 17.5 Å². The monoisotopic (exact) mass is 357 g/mol. The summed E-state index contributed by atoms with van der Waals surface area (Å²) in [6, 6.07) is 6.03. The molecule has 2 aliphatic carbocycles. The smallest absolute Gasteiger partial charge is 0.209 e. The Hall–Kier alpha value is -1.82. The number of aromatic nitrogens is 3. The van der Waals surface area contributed by atoms with Gasteiger partial charge in [-0.2, -0.15) is 5.10 Å². The third-order valence-corrected chi connectivity index (χ3v) is 7.12. The fourth-order valence-corrected chi connectivity index (χ4v) is 4.99. The molecule has 1 aromatic heterocycles. The van der Waals surface area contributed by atoms with Gasteiger partial charge in [-0.15, -0.1) is 5.10 Å². The zero-order valence-electron chi connectivity index (χ0n) is 14.5. The van der Waals surface area contributed by atoms with Gasteiger partial charge in [0.05, 0.1) is 22.7 Å². The third-order valence-electron chi connectivity index (χ3n) is 6.28. The van der Waals surface area contributed by atoms with Gasteiger partial charge in [-0.1, -0.05) is 44.7 Å². The molecule has 4 nitrogen and oxygen atoms in total. The van der Waals surface area contributed by atoms with Crippen LogP contribution < -0.4 is 0 Å². The van der Waals surface area contributed by atoms with E-state index in [4.69, 9.17) is 4.98 Å². The molecule has 2 bridgehead atoms. The molecule has 130 valence electrons. The summed E-state index contributed by atoms with van der Waals surface area (Å²) in [5.41, 5.74) is 2.29. The quantitative estimate of drug-likeness (QED) is 0.607. The van der Waals surface area contributed by atoms with Gasteiger partial charge in [0.25, 0.3) is 0 Å². The molecular formula is C19H20FN3OS. The lowest BCUT2D eigenvalue weighted by Crippen LogP contribution is -2.32. The average molecular weight is 357 g/mol. The Morgan fingerprint density at radius 3 is 2.80 bits per heavy atom. The van der Waals surface area contributed by atoms with E-state index in [-0.39, 0.29) is 27.9 Å². The fraction of sp³-hybridized carbons (Fsp3) is 0.474. The topological polar surface area (TPSA) is 55.7 Å². The molecule has 0 N–H and O–H groups in total. The lowest BCUT2D eigenvalue weighted by molar-refractivity contribution is 0.101. The van der Waals surface area contributed by atoms with Gasteiger partial charge in [0, 0.05) is 11.3 Å². The SMILES string of the molecule is CC1(C)[C@H]2CC[C@]1(C)c1nc(SCC(=O)c3ccccc3F)nnc12. The molecule has 1 aromatic carbocycles. The van der Waals surface area contributed by atoms with Crippen LogP contribution in [0.5, 0.6) is 0 Å². The number of Topliss-reactive ketones (excluding diaryl/α,β-unsaturated/α-hetero) is 1. The van der Waals surface area contributed by atoms with Gasteiger partial charge >= 0.3 is 0 Å². The lowest BCUT2D eigenvalue weighted by atomic mass is 9.70. The minimum atomic E-state index is -0.493. The second-order valence-corrected chi connectivity index (χ2v) is 8.61. The first kappa shape index (κ1) is 16.6. The van der Waals surface area contributed by atoms with Crippen LogP contribution in [0.4, 0.5) is 4.39 Å². The highest BCUT2D eigenvalue weighted by atomic mass is 32.2. The first-order chi connectivity index (χ1) is 11.8. The zero-order chi connectivity index (χ0) is 17.8. The summed E-state index contributed by atoms with van der Waals surface area (Å²) in [6.45, 7) is 6.82. The van der Waals surface area contributed by atoms with E-state index in [1.54, 1.807) is 12.1 Å². The Bertz CT molecular complexity index is 869. The van der Waals surface area contributed by atoms with Crippen LogP contribution in [0.1, 0.15) is 61.3 Å². The summed E-state index contributed by atoms with van der Waals surface area (Å²) in [6.07, 6.45) is 2.24. The molecule has 0 unspecified atom stereocenters. The van der Waals surface area contributed by atoms with Gasteiger partial charge in [-0.3, -0.25) is 4.79 Å². The molecule has 2 aromatic rings. The standard InChI is InChI=1S/C19H20FN3OS/c1-18(2)12-8-9-19(18,3)16-15(12)22-23-17(21-16)25-10-14(24)11-6-4-5-7-13(11)20/h4-7,12H,8-10H2,1-3H3/t12-,19+/m0/s1. The largest absolute Gasteiger partial charge is 0.293 e. The van der Waals surface area contributed by atoms with Crippen molar-refractivity contribution in [3.05, 3.63) is 47.0 Å². The van der Waals surface area contributed by atoms with Gasteiger partial charge in [0.2, 0.25) is 5.16 Å². The minimum absolute atomic E-state index is 0.00774. The van der Waals surface area contributed by atoms with Crippen molar-refractivity contribution in [2.24, 2.45) is 5.41 Å². The summed E-state index contributed by atoms with van der Waals surface area (Å²) >= 11 is 1.22. The van der Waals surface area contributed by atoms with Crippen molar-refractivity contribution in [1.82, 2.24) is 15.2 Å². The molecule has 0 radical (unpaired) electrons. The maximum Gasteiger partial charge on any atom is 0.209 e. The van der Waals surface area contributed by atoms with Crippen LogP contribution in [0, 0.1) is 11.2 Å². The molecule has 6 heteroatoms. The summed E-state index contributed by atoms with van der Waals surface area (Å²) in [5, 5.41) is 9.14. The predicted molar refractivity (Wildman–Crippen MR) is 94.4 cm³/mol. The van der Waals surface area contributed by atoms with E-state index < -0.39 is 5.82 Å². The van der Waals surface area contributed by atoms with Crippen molar-refractivity contribution in [1.29, 1.82) is 0 Å². The lowest BCUT2D eigenvalue weighted by Gasteiger charge is -2.33. The number of halogens is 1. The maximum absolute atomic E-state index is 13.7. The van der Waals surface area contributed by atoms with Crippen LogP contribution in [-0.2, 0) is 5.41 Å². The van der Waals surface area contributed by atoms with E-state index in [1.165, 1.54) is 23.9 Å². The molecule has 1 fully saturated rings. The van der Waals surface area contributed by atoms with E-state index in [2.05, 4.69) is 31.0 Å². The Morgan fingerprint density at radius 1 is 1.28 bits per heavy atom. The van der Waals surface area contributed by atoms with Crippen molar-refractivity contribution in [3.63, 3.8) is 0 Å². The second kappa shape index (κ2) is 5.59. The van der Waals surface area contributed by atoms with Crippen LogP contribution in [0.3, 0.4) is 0 Å². The highest BCUT2D eigenvalue weighted by Gasteiger charge is 2.61. The Kier molecular flexibility index (Phi) is 3.72. The van der Waals surface area contributed by atoms with Crippen LogP contribution in [0.15, 0.2) is 29.4 Å². The molecule has 0 amide bonds. The number of fused-ring (bicyclic) bond motifs is 5. The van der Waals surface area contributed by atoms with Gasteiger partial charge < -0.3 is 0 Å². The fourth-order valence-electron chi connectivity index (χ4n) is 4.32. The summed E-state index contributed by atoms with van der Waals surface area (Å²) in [5.74, 6) is -0.246. The molecule has 1 heterocycles. The molecule has 1 saturated carbocycles. The average Bonchev–Trinajstić information content (AvgIpc) is 2.92. The number of carbonyl (C=O) groups is 1. The van der Waals surface area contributed by atoms with Gasteiger partial charge in [-0.05, 0) is 30.4 Å². The van der Waals surface area contributed by atoms with Gasteiger partial charge in [0.15, 0.2) is 5.78 Å². The van der Waals surface area contributed by atoms with Crippen LogP contribution in [0.2, 0.25) is 0 Å². The molecule has 0 spiro atoms. The summed E-state index contributed by atoms with van der Waals surface area (Å²) in [7, 11) is 0. The molecule has 2 aliphatic rings. The number of benzene rings is 1. The number of thioether (sulfide) groups is 1. The predicted octanol–water partition coefficient (Wildman–Crippen LogP) is 4.16. The van der Waals surface area contributed by atoms with E-state index >= 15 is 0 Å². The summed E-state index contributed by atoms with van der Waals surface area (Å²) < 4.78 is 13.7. The van der Waals surface area contributed by atoms with E-state index in [0.29, 0.717) is 11.1 Å². The molecule has 0 saturated heterocycles. The van der Waals surface area contributed by atoms with E-state index in [1.807, 2.05) is 0 Å². The molecular weight excluding hydrogens is 337 g/mol. The van der Waals surface area contributed by atoms with Crippen LogP contribution in [0.25, 0.3) is 0 Å². The first-order valence-corrected chi connectivity index (χ1v) is 9.49. The van der Waals surface area contributed by atoms with Crippen molar-refractivity contribution < 1.29 is 9.18 Å². The number of nitrogens with zero attached hydrogens (tertiary/aromatic N) is 3. The van der Waals surface area contributed by atoms with E-state index in [0.717, 1.165) is 24.2 Å². The second-order valence-electron chi connectivity index (χ2n) is 7.66. The highest BCUT2D eigenvalue weighted by Crippen LogP contribution is 2.66. The summed E-state index contributed by atoms with van der Waals surface area (Å²) in [4.78, 5) is 17.0. The third kappa shape index (κ3) is 2.34. The van der Waals surface area contributed by atoms with Crippen molar-refractivity contribution in [3.8, 4) is 0 Å². The van der Waals surface area contributed by atoms with Gasteiger partial charge in [-0.25, -0.2) is 9.37 Å². The molecule has 4 rings (SSSR count).